The molecule has 3 rings (SSSR count). The zero-order valence-corrected chi connectivity index (χ0v) is 10.5. The van der Waals surface area contributed by atoms with Crippen molar-refractivity contribution in [2.24, 2.45) is 0 Å². The Labute approximate surface area is 106 Å². The first-order valence-electron chi connectivity index (χ1n) is 6.51. The lowest BCUT2D eigenvalue weighted by atomic mass is 10.0. The number of rotatable bonds is 2. The lowest BCUT2D eigenvalue weighted by molar-refractivity contribution is -0.0511. The van der Waals surface area contributed by atoms with Gasteiger partial charge in [0.1, 0.15) is 11.6 Å². The number of nitrogens with zero attached hydrogens (tertiary/aromatic N) is 1. The number of hydrogen-bond acceptors (Lipinski definition) is 3. The molecule has 1 N–H and O–H groups in total. The summed E-state index contributed by atoms with van der Waals surface area (Å²) in [5.41, 5.74) is 0.790. The van der Waals surface area contributed by atoms with Gasteiger partial charge in [-0.3, -0.25) is 4.90 Å². The van der Waals surface area contributed by atoms with E-state index in [1.807, 2.05) is 0 Å². The van der Waals surface area contributed by atoms with Crippen molar-refractivity contribution in [2.45, 2.75) is 38.0 Å². The van der Waals surface area contributed by atoms with E-state index in [0.717, 1.165) is 31.5 Å². The van der Waals surface area contributed by atoms with E-state index in [-0.39, 0.29) is 11.8 Å². The molecule has 4 heteroatoms. The average Bonchev–Trinajstić information content (AvgIpc) is 2.67. The fourth-order valence-corrected chi connectivity index (χ4v) is 3.03. The fourth-order valence-electron chi connectivity index (χ4n) is 3.03. The molecular weight excluding hydrogens is 233 g/mol. The fraction of sp³-hybridized carbons (Fsp3) is 0.571. The first-order valence-corrected chi connectivity index (χ1v) is 6.51. The van der Waals surface area contributed by atoms with E-state index < -0.39 is 5.82 Å². The number of phenolic OH excluding ortho intramolecular Hbond substituents is 1. The Balaban J connectivity index is 1.79. The SMILES string of the molecule is CC(c1ccc(F)cc1O)N1CC2CCC(C1)O2. The van der Waals surface area contributed by atoms with E-state index in [2.05, 4.69) is 11.8 Å². The van der Waals surface area contributed by atoms with Crippen molar-refractivity contribution in [3.8, 4) is 5.75 Å². The molecule has 2 heterocycles. The van der Waals surface area contributed by atoms with Gasteiger partial charge in [0.05, 0.1) is 12.2 Å². The Morgan fingerprint density at radius 2 is 2.00 bits per heavy atom. The molecule has 2 aliphatic rings. The molecule has 0 spiro atoms. The highest BCUT2D eigenvalue weighted by Gasteiger charge is 2.36. The number of fused-ring (bicyclic) bond motifs is 2. The van der Waals surface area contributed by atoms with Crippen LogP contribution in [0.3, 0.4) is 0 Å². The van der Waals surface area contributed by atoms with Crippen LogP contribution in [0.1, 0.15) is 31.4 Å². The molecule has 2 aliphatic heterocycles. The number of aromatic hydroxyl groups is 1. The largest absolute Gasteiger partial charge is 0.508 e. The van der Waals surface area contributed by atoms with E-state index in [9.17, 15) is 9.50 Å². The van der Waals surface area contributed by atoms with Crippen LogP contribution >= 0.6 is 0 Å². The maximum atomic E-state index is 13.0. The molecule has 2 saturated heterocycles. The van der Waals surface area contributed by atoms with Gasteiger partial charge in [0.25, 0.3) is 0 Å². The van der Waals surface area contributed by atoms with Gasteiger partial charge >= 0.3 is 0 Å². The van der Waals surface area contributed by atoms with Crippen LogP contribution in [0.2, 0.25) is 0 Å². The van der Waals surface area contributed by atoms with Gasteiger partial charge in [0, 0.05) is 30.8 Å². The molecule has 2 bridgehead atoms. The third kappa shape index (κ3) is 2.10. The molecule has 0 radical (unpaired) electrons. The second-order valence-corrected chi connectivity index (χ2v) is 5.29. The number of ether oxygens (including phenoxy) is 1. The van der Waals surface area contributed by atoms with E-state index in [1.54, 1.807) is 6.07 Å². The molecular formula is C14H18FNO2. The third-order valence-corrected chi connectivity index (χ3v) is 4.06. The Morgan fingerprint density at radius 1 is 1.33 bits per heavy atom. The summed E-state index contributed by atoms with van der Waals surface area (Å²) in [4.78, 5) is 2.32. The van der Waals surface area contributed by atoms with Crippen LogP contribution in [-0.2, 0) is 4.74 Å². The molecule has 1 aromatic carbocycles. The summed E-state index contributed by atoms with van der Waals surface area (Å²) in [6, 6.07) is 4.35. The van der Waals surface area contributed by atoms with Crippen LogP contribution in [0.15, 0.2) is 18.2 Å². The number of phenols is 1. The van der Waals surface area contributed by atoms with Crippen LogP contribution in [0.4, 0.5) is 4.39 Å². The quantitative estimate of drug-likeness (QED) is 0.876. The van der Waals surface area contributed by atoms with Crippen molar-refractivity contribution in [3.05, 3.63) is 29.6 Å². The van der Waals surface area contributed by atoms with Crippen molar-refractivity contribution in [1.82, 2.24) is 4.90 Å². The topological polar surface area (TPSA) is 32.7 Å². The highest BCUT2D eigenvalue weighted by Crippen LogP contribution is 2.34. The summed E-state index contributed by atoms with van der Waals surface area (Å²) in [5, 5.41) is 9.84. The second-order valence-electron chi connectivity index (χ2n) is 5.29. The zero-order valence-electron chi connectivity index (χ0n) is 10.5. The van der Waals surface area contributed by atoms with Gasteiger partial charge in [-0.25, -0.2) is 4.39 Å². The summed E-state index contributed by atoms with van der Waals surface area (Å²) < 4.78 is 18.8. The highest BCUT2D eigenvalue weighted by atomic mass is 19.1. The van der Waals surface area contributed by atoms with E-state index >= 15 is 0 Å². The standard InChI is InChI=1S/C14H18FNO2/c1-9(13-5-2-10(15)6-14(13)17)16-7-11-3-4-12(8-16)18-11/h2,5-6,9,11-12,17H,3-4,7-8H2,1H3. The molecule has 0 aliphatic carbocycles. The maximum absolute atomic E-state index is 13.0. The monoisotopic (exact) mass is 251 g/mol. The van der Waals surface area contributed by atoms with Gasteiger partial charge in [-0.2, -0.15) is 0 Å². The van der Waals surface area contributed by atoms with Crippen LogP contribution in [0.5, 0.6) is 5.75 Å². The minimum absolute atomic E-state index is 0.0429. The van der Waals surface area contributed by atoms with Crippen LogP contribution in [0.25, 0.3) is 0 Å². The number of likely N-dealkylation sites (tertiary alicyclic amines) is 1. The minimum Gasteiger partial charge on any atom is -0.508 e. The zero-order chi connectivity index (χ0) is 12.7. The van der Waals surface area contributed by atoms with Crippen LogP contribution in [-0.4, -0.2) is 35.3 Å². The average molecular weight is 251 g/mol. The van der Waals surface area contributed by atoms with E-state index in [0.29, 0.717) is 12.2 Å². The highest BCUT2D eigenvalue weighted by molar-refractivity contribution is 5.35. The van der Waals surface area contributed by atoms with Gasteiger partial charge in [-0.1, -0.05) is 6.07 Å². The minimum atomic E-state index is -0.398. The Hall–Kier alpha value is -1.13. The summed E-state index contributed by atoms with van der Waals surface area (Å²) >= 11 is 0. The molecule has 3 unspecified atom stereocenters. The molecule has 98 valence electrons. The molecule has 0 aromatic heterocycles. The van der Waals surface area contributed by atoms with Crippen molar-refractivity contribution >= 4 is 0 Å². The molecule has 18 heavy (non-hydrogen) atoms. The molecule has 0 saturated carbocycles. The third-order valence-electron chi connectivity index (χ3n) is 4.06. The van der Waals surface area contributed by atoms with Crippen LogP contribution < -0.4 is 0 Å². The van der Waals surface area contributed by atoms with Crippen LogP contribution in [0, 0.1) is 5.82 Å². The predicted molar refractivity (Wildman–Crippen MR) is 65.9 cm³/mol. The molecule has 2 fully saturated rings. The summed E-state index contributed by atoms with van der Waals surface area (Å²) in [6.07, 6.45) is 2.91. The molecule has 1 aromatic rings. The number of hydrogen-bond donors (Lipinski definition) is 1. The lowest BCUT2D eigenvalue weighted by Crippen LogP contribution is -2.43. The van der Waals surface area contributed by atoms with Gasteiger partial charge in [-0.15, -0.1) is 0 Å². The number of benzene rings is 1. The normalized spacial score (nSPS) is 29.4. The summed E-state index contributed by atoms with van der Waals surface area (Å²) in [6.45, 7) is 3.85. The second kappa shape index (κ2) is 4.52. The van der Waals surface area contributed by atoms with Gasteiger partial charge in [0.2, 0.25) is 0 Å². The summed E-state index contributed by atoms with van der Waals surface area (Å²) in [5.74, 6) is -0.355. The summed E-state index contributed by atoms with van der Waals surface area (Å²) in [7, 11) is 0. The number of morpholine rings is 1. The first-order chi connectivity index (χ1) is 8.63. The lowest BCUT2D eigenvalue weighted by Gasteiger charge is -2.36. The Morgan fingerprint density at radius 3 is 2.61 bits per heavy atom. The van der Waals surface area contributed by atoms with Gasteiger partial charge in [0.15, 0.2) is 0 Å². The van der Waals surface area contributed by atoms with E-state index in [1.165, 1.54) is 12.1 Å². The smallest absolute Gasteiger partial charge is 0.126 e. The maximum Gasteiger partial charge on any atom is 0.126 e. The first kappa shape index (κ1) is 11.9. The Bertz CT molecular complexity index is 439. The van der Waals surface area contributed by atoms with E-state index in [4.69, 9.17) is 4.74 Å². The van der Waals surface area contributed by atoms with Gasteiger partial charge < -0.3 is 9.84 Å². The Kier molecular flexibility index (Phi) is 2.99. The molecule has 0 amide bonds. The van der Waals surface area contributed by atoms with Gasteiger partial charge in [-0.05, 0) is 25.8 Å². The predicted octanol–water partition coefficient (Wildman–Crippen LogP) is 2.46. The van der Waals surface area contributed by atoms with Crippen molar-refractivity contribution < 1.29 is 14.2 Å². The molecule has 3 atom stereocenters. The van der Waals surface area contributed by atoms with Crippen molar-refractivity contribution in [2.75, 3.05) is 13.1 Å². The number of halogens is 1. The molecule has 3 nitrogen and oxygen atoms in total. The van der Waals surface area contributed by atoms with Crippen molar-refractivity contribution in [1.29, 1.82) is 0 Å². The van der Waals surface area contributed by atoms with Crippen molar-refractivity contribution in [3.63, 3.8) is 0 Å².